The van der Waals surface area contributed by atoms with Crippen LogP contribution in [0.5, 0.6) is 0 Å². The number of fused-ring (bicyclic) bond motifs is 3. The lowest BCUT2D eigenvalue weighted by Crippen LogP contribution is -2.59. The van der Waals surface area contributed by atoms with Crippen molar-refractivity contribution in [1.29, 1.82) is 0 Å². The van der Waals surface area contributed by atoms with Crippen LogP contribution in [0.2, 0.25) is 0 Å². The van der Waals surface area contributed by atoms with E-state index in [2.05, 4.69) is 0 Å². The summed E-state index contributed by atoms with van der Waals surface area (Å²) in [5, 5.41) is 50.0. The van der Waals surface area contributed by atoms with Crippen LogP contribution in [-0.2, 0) is 23.8 Å². The summed E-state index contributed by atoms with van der Waals surface area (Å²) < 4.78 is 16.6. The summed E-state index contributed by atoms with van der Waals surface area (Å²) in [4.78, 5) is 25.0. The van der Waals surface area contributed by atoms with Crippen LogP contribution in [-0.4, -0.2) is 93.4 Å². The van der Waals surface area contributed by atoms with Crippen molar-refractivity contribution in [2.45, 2.75) is 63.2 Å². The first-order chi connectivity index (χ1) is 14.6. The standard InChI is InChI=1S/C21H28O10/c1-7-3-10(23)14-8(2)20(28)31-19(14)15-9(4-11(24)13(7)15)6-29-21-18(27)17(26)16(25)12(5-22)30-21/h4,8,10,12,14-19,21-23,25-27H,3,5-6H2,1-2H3/t8-,10+,12-,14-,15+,16-,17+,18-,19+,21-/m1/s1. The number of aliphatic hydroxyl groups excluding tert-OH is 5. The van der Waals surface area contributed by atoms with Crippen LogP contribution in [0.3, 0.4) is 0 Å². The van der Waals surface area contributed by atoms with Gasteiger partial charge in [-0.15, -0.1) is 0 Å². The Morgan fingerprint density at radius 2 is 1.84 bits per heavy atom. The minimum Gasteiger partial charge on any atom is -0.461 e. The van der Waals surface area contributed by atoms with Crippen LogP contribution in [0, 0.1) is 17.8 Å². The topological polar surface area (TPSA) is 163 Å². The maximum atomic E-state index is 12.8. The number of esters is 1. The van der Waals surface area contributed by atoms with Crippen molar-refractivity contribution >= 4 is 11.8 Å². The zero-order valence-corrected chi connectivity index (χ0v) is 17.2. The Morgan fingerprint density at radius 1 is 1.13 bits per heavy atom. The summed E-state index contributed by atoms with van der Waals surface area (Å²) >= 11 is 0. The molecular weight excluding hydrogens is 412 g/mol. The Bertz CT molecular complexity index is 817. The molecule has 10 nitrogen and oxygen atoms in total. The molecule has 172 valence electrons. The van der Waals surface area contributed by atoms with Gasteiger partial charge in [-0.05, 0) is 25.0 Å². The molecule has 0 bridgehead atoms. The second-order valence-electron chi connectivity index (χ2n) is 8.80. The third-order valence-electron chi connectivity index (χ3n) is 6.88. The quantitative estimate of drug-likeness (QED) is 0.315. The predicted molar refractivity (Wildman–Crippen MR) is 102 cm³/mol. The molecule has 2 aliphatic carbocycles. The number of hydrogen-bond acceptors (Lipinski definition) is 10. The third-order valence-corrected chi connectivity index (χ3v) is 6.88. The molecule has 0 aromatic carbocycles. The van der Waals surface area contributed by atoms with Gasteiger partial charge in [-0.2, -0.15) is 0 Å². The fourth-order valence-electron chi connectivity index (χ4n) is 5.20. The Kier molecular flexibility index (Phi) is 6.08. The molecule has 0 saturated carbocycles. The van der Waals surface area contributed by atoms with Crippen molar-refractivity contribution in [2.24, 2.45) is 17.8 Å². The molecule has 10 heteroatoms. The lowest BCUT2D eigenvalue weighted by atomic mass is 9.79. The van der Waals surface area contributed by atoms with Gasteiger partial charge in [0.25, 0.3) is 0 Å². The molecule has 2 saturated heterocycles. The van der Waals surface area contributed by atoms with E-state index < -0.39 is 73.2 Å². The Morgan fingerprint density at radius 3 is 2.52 bits per heavy atom. The highest BCUT2D eigenvalue weighted by molar-refractivity contribution is 6.09. The van der Waals surface area contributed by atoms with Crippen LogP contribution >= 0.6 is 0 Å². The van der Waals surface area contributed by atoms with Crippen LogP contribution in [0.4, 0.5) is 0 Å². The average molecular weight is 440 g/mol. The van der Waals surface area contributed by atoms with Gasteiger partial charge in [-0.25, -0.2) is 0 Å². The molecule has 0 amide bonds. The molecule has 0 spiro atoms. The van der Waals surface area contributed by atoms with Crippen LogP contribution < -0.4 is 0 Å². The first-order valence-corrected chi connectivity index (χ1v) is 10.4. The summed E-state index contributed by atoms with van der Waals surface area (Å²) in [6.07, 6.45) is -7.01. The van der Waals surface area contributed by atoms with E-state index in [0.717, 1.165) is 5.57 Å². The highest BCUT2D eigenvalue weighted by Crippen LogP contribution is 2.48. The molecule has 31 heavy (non-hydrogen) atoms. The van der Waals surface area contributed by atoms with Crippen molar-refractivity contribution in [3.63, 3.8) is 0 Å². The van der Waals surface area contributed by atoms with Gasteiger partial charge >= 0.3 is 5.97 Å². The van der Waals surface area contributed by atoms with Gasteiger partial charge in [0.15, 0.2) is 12.1 Å². The van der Waals surface area contributed by atoms with Gasteiger partial charge < -0.3 is 39.7 Å². The molecule has 5 N–H and O–H groups in total. The average Bonchev–Trinajstić information content (AvgIpc) is 3.17. The van der Waals surface area contributed by atoms with E-state index in [1.807, 2.05) is 0 Å². The van der Waals surface area contributed by atoms with Gasteiger partial charge in [-0.3, -0.25) is 9.59 Å². The molecule has 0 aromatic heterocycles. The highest BCUT2D eigenvalue weighted by Gasteiger charge is 2.55. The summed E-state index contributed by atoms with van der Waals surface area (Å²) in [5.74, 6) is -2.27. The molecule has 0 unspecified atom stereocenters. The first kappa shape index (κ1) is 22.5. The minimum absolute atomic E-state index is 0.179. The third kappa shape index (κ3) is 3.66. The number of carbonyl (C=O) groups excluding carboxylic acids is 2. The van der Waals surface area contributed by atoms with Crippen molar-refractivity contribution in [2.75, 3.05) is 13.2 Å². The SMILES string of the molecule is CC1=C2C(=O)C=C(CO[C@@H]3O[C@H](CO)[C@@H](O)[C@H](O)[C@H]3O)[C@@H]2[C@H]2OC(=O)[C@H](C)[C@@H]2[C@@H](O)C1. The largest absolute Gasteiger partial charge is 0.461 e. The van der Waals surface area contributed by atoms with Crippen LogP contribution in [0.25, 0.3) is 0 Å². The highest BCUT2D eigenvalue weighted by atomic mass is 16.7. The van der Waals surface area contributed by atoms with Crippen molar-refractivity contribution < 1.29 is 49.3 Å². The number of ether oxygens (including phenoxy) is 3. The molecule has 4 aliphatic rings. The molecule has 2 aliphatic heterocycles. The van der Waals surface area contributed by atoms with Gasteiger partial charge in [0.2, 0.25) is 0 Å². The molecule has 2 fully saturated rings. The second-order valence-corrected chi connectivity index (χ2v) is 8.80. The van der Waals surface area contributed by atoms with E-state index in [1.54, 1.807) is 13.8 Å². The lowest BCUT2D eigenvalue weighted by molar-refractivity contribution is -0.299. The smallest absolute Gasteiger partial charge is 0.309 e. The van der Waals surface area contributed by atoms with Crippen molar-refractivity contribution in [3.8, 4) is 0 Å². The molecule has 4 rings (SSSR count). The Hall–Kier alpha value is -1.66. The van der Waals surface area contributed by atoms with Crippen LogP contribution in [0.1, 0.15) is 20.3 Å². The van der Waals surface area contributed by atoms with E-state index in [1.165, 1.54) is 6.08 Å². The van der Waals surface area contributed by atoms with Gasteiger partial charge in [0.1, 0.15) is 30.5 Å². The Balaban J connectivity index is 1.57. The minimum atomic E-state index is -1.58. The van der Waals surface area contributed by atoms with E-state index in [4.69, 9.17) is 14.2 Å². The molecule has 2 heterocycles. The maximum Gasteiger partial charge on any atom is 0.309 e. The number of rotatable bonds is 4. The predicted octanol–water partition coefficient (Wildman–Crippen LogP) is -1.81. The van der Waals surface area contributed by atoms with Crippen molar-refractivity contribution in [1.82, 2.24) is 0 Å². The number of hydrogen-bond donors (Lipinski definition) is 5. The summed E-state index contributed by atoms with van der Waals surface area (Å²) in [5.41, 5.74) is 1.70. The van der Waals surface area contributed by atoms with Gasteiger partial charge in [0.05, 0.1) is 25.2 Å². The van der Waals surface area contributed by atoms with E-state index in [9.17, 15) is 35.1 Å². The molecule has 0 radical (unpaired) electrons. The lowest BCUT2D eigenvalue weighted by Gasteiger charge is -2.39. The Labute approximate surface area is 178 Å². The zero-order chi connectivity index (χ0) is 22.6. The molecular formula is C21H28O10. The fourth-order valence-corrected chi connectivity index (χ4v) is 5.20. The zero-order valence-electron chi connectivity index (χ0n) is 17.2. The number of carbonyl (C=O) groups is 2. The number of aliphatic hydroxyl groups is 5. The van der Waals surface area contributed by atoms with Crippen molar-refractivity contribution in [3.05, 3.63) is 22.8 Å². The second kappa shape index (κ2) is 8.36. The molecule has 0 aromatic rings. The maximum absolute atomic E-state index is 12.8. The van der Waals surface area contributed by atoms with E-state index in [-0.39, 0.29) is 18.8 Å². The normalized spacial score (nSPS) is 45.2. The number of allylic oxidation sites excluding steroid dienone is 1. The monoisotopic (exact) mass is 440 g/mol. The van der Waals surface area contributed by atoms with Gasteiger partial charge in [0, 0.05) is 17.4 Å². The van der Waals surface area contributed by atoms with Gasteiger partial charge in [-0.1, -0.05) is 12.5 Å². The van der Waals surface area contributed by atoms with E-state index >= 15 is 0 Å². The summed E-state index contributed by atoms with van der Waals surface area (Å²) in [6.45, 7) is 2.70. The van der Waals surface area contributed by atoms with E-state index in [0.29, 0.717) is 11.1 Å². The van der Waals surface area contributed by atoms with Crippen LogP contribution in [0.15, 0.2) is 22.8 Å². The summed E-state index contributed by atoms with van der Waals surface area (Å²) in [6, 6.07) is 0. The summed E-state index contributed by atoms with van der Waals surface area (Å²) in [7, 11) is 0. The number of ketones is 1. The first-order valence-electron chi connectivity index (χ1n) is 10.4. The fraction of sp³-hybridized carbons (Fsp3) is 0.714. The molecule has 10 atom stereocenters.